The molecule has 0 saturated carbocycles. The highest BCUT2D eigenvalue weighted by molar-refractivity contribution is 8.13. The molecule has 5 aliphatic rings. The van der Waals surface area contributed by atoms with Gasteiger partial charge in [-0.25, -0.2) is 9.59 Å². The molecular formula is C92H153NO19P4Si3. The van der Waals surface area contributed by atoms with Crippen molar-refractivity contribution >= 4 is 82.0 Å². The summed E-state index contributed by atoms with van der Waals surface area (Å²) in [5.74, 6) is -3.62. The van der Waals surface area contributed by atoms with Crippen LogP contribution in [0.2, 0.25) is 52.9 Å². The first-order valence-corrected chi connectivity index (χ1v) is 58.2. The molecule has 119 heavy (non-hydrogen) atoms. The molecule has 1 N–H and O–H groups in total. The SMILES string of the molecule is C=CCOC(=O)N[C@@H]1C(OC(=O)c2ccc(C(C)(C)C)cc2)[C@H](O[C@H]2/C=C/C=C/C=C/C=C/C=C/C=C/C=C/[C@H](C)[C@@H](C)[C@@H](C)[C@H](C)OC(=O)C[C@H]3C[C@@H](CC[C@@H](O[Si](CC)(CC)C(C)C)[C@H]4C[C@@H](C[C@]5(OC)C[C@H](O[Si](CC)(CC)C(C)C)[C@@H](C(=O)OCC=C)C(C2)O5)OC(P(C)P)O4)OC(P(C)P)O3)O[C@H](C)[C@H]1O[Si](CC)(CC)C(C)C. The van der Waals surface area contributed by atoms with Gasteiger partial charge in [0.15, 0.2) is 55.2 Å². The Kier molecular flexibility index (Phi) is 43.9. The zero-order valence-electron chi connectivity index (χ0n) is 76.4. The highest BCUT2D eigenvalue weighted by Crippen LogP contribution is 2.54. The Morgan fingerprint density at radius 3 is 1.62 bits per heavy atom. The van der Waals surface area contributed by atoms with E-state index in [1.165, 1.54) is 6.08 Å². The van der Waals surface area contributed by atoms with Gasteiger partial charge in [-0.05, 0) is 149 Å². The number of esters is 3. The highest BCUT2D eigenvalue weighted by atomic mass is 32.0. The van der Waals surface area contributed by atoms with E-state index in [2.05, 4.69) is 186 Å². The lowest BCUT2D eigenvalue weighted by molar-refractivity contribution is -0.325. The maximum Gasteiger partial charge on any atom is 0.407 e. The van der Waals surface area contributed by atoms with E-state index in [9.17, 15) is 9.59 Å². The third-order valence-electron chi connectivity index (χ3n) is 25.7. The van der Waals surface area contributed by atoms with Crippen LogP contribution in [0.15, 0.2) is 135 Å². The summed E-state index contributed by atoms with van der Waals surface area (Å²) in [6, 6.07) is 9.85. The van der Waals surface area contributed by atoms with Gasteiger partial charge in [-0.3, -0.25) is 9.59 Å². The van der Waals surface area contributed by atoms with Crippen LogP contribution in [0.4, 0.5) is 4.79 Å². The second-order valence-electron chi connectivity index (χ2n) is 35.3. The maximum absolute atomic E-state index is 15.7. The molecule has 1 aromatic rings. The Hall–Kier alpha value is -3.51. The van der Waals surface area contributed by atoms with Crippen LogP contribution in [-0.4, -0.2) is 186 Å². The van der Waals surface area contributed by atoms with Crippen molar-refractivity contribution in [3.8, 4) is 0 Å². The lowest BCUT2D eigenvalue weighted by atomic mass is 9.82. The molecule has 0 aliphatic carbocycles. The van der Waals surface area contributed by atoms with Gasteiger partial charge in [0.25, 0.3) is 0 Å². The molecule has 5 heterocycles. The Balaban J connectivity index is 1.62. The van der Waals surface area contributed by atoms with E-state index in [0.717, 1.165) is 41.8 Å². The van der Waals surface area contributed by atoms with Crippen molar-refractivity contribution < 1.29 is 89.3 Å². The first-order valence-electron chi connectivity index (χ1n) is 44.1. The molecule has 0 aromatic heterocycles. The fourth-order valence-electron chi connectivity index (χ4n) is 17.3. The Labute approximate surface area is 726 Å². The van der Waals surface area contributed by atoms with E-state index in [0.29, 0.717) is 25.7 Å². The average molecular weight is 1790 g/mol. The van der Waals surface area contributed by atoms with E-state index < -0.39 is 155 Å². The normalized spacial score (nSPS) is 33.5. The minimum Gasteiger partial charge on any atom is -0.462 e. The predicted octanol–water partition coefficient (Wildman–Crippen LogP) is 22.2. The maximum atomic E-state index is 15.7. The molecule has 6 rings (SSSR count). The van der Waals surface area contributed by atoms with Crippen LogP contribution in [0, 0.1) is 23.7 Å². The number of carbonyl (C=O) groups excluding carboxylic acids is 4. The fourth-order valence-corrected chi connectivity index (χ4v) is 30.4. The molecule has 20 nitrogen and oxygen atoms in total. The smallest absolute Gasteiger partial charge is 0.407 e. The summed E-state index contributed by atoms with van der Waals surface area (Å²) >= 11 is 0. The second kappa shape index (κ2) is 50.1. The first kappa shape index (κ1) is 104. The van der Waals surface area contributed by atoms with Crippen molar-refractivity contribution in [1.82, 2.24) is 5.32 Å². The third kappa shape index (κ3) is 30.1. The number of cyclic esters (lactones) is 1. The van der Waals surface area contributed by atoms with Crippen LogP contribution >= 0.6 is 33.1 Å². The van der Waals surface area contributed by atoms with Crippen LogP contribution in [-0.2, 0) is 85.1 Å². The van der Waals surface area contributed by atoms with Gasteiger partial charge in [-0.1, -0.05) is 247 Å². The summed E-state index contributed by atoms with van der Waals surface area (Å²) in [5, 5.41) is 3.12. The van der Waals surface area contributed by atoms with Crippen LogP contribution in [0.3, 0.4) is 0 Å². The number of fused-ring (bicyclic) bond motifs is 6. The lowest BCUT2D eigenvalue weighted by Crippen LogP contribution is -2.68. The van der Waals surface area contributed by atoms with Gasteiger partial charge in [0.05, 0.1) is 73.0 Å². The van der Waals surface area contributed by atoms with Gasteiger partial charge in [0.1, 0.15) is 31.3 Å². The molecule has 1 aromatic carbocycles. The van der Waals surface area contributed by atoms with Gasteiger partial charge in [0, 0.05) is 39.2 Å². The average Bonchev–Trinajstić information content (AvgIpc) is 0.749. The van der Waals surface area contributed by atoms with Crippen LogP contribution in [0.1, 0.15) is 206 Å². The highest BCUT2D eigenvalue weighted by Gasteiger charge is 2.58. The molecule has 8 unspecified atom stereocenters. The molecule has 6 bridgehead atoms. The second-order valence-corrected chi connectivity index (χ2v) is 58.5. The molecule has 0 radical (unpaired) electrons. The van der Waals surface area contributed by atoms with E-state index in [-0.39, 0.29) is 102 Å². The quantitative estimate of drug-likeness (QED) is 0.0271. The molecular weight excluding hydrogens is 1630 g/mol. The van der Waals surface area contributed by atoms with Gasteiger partial charge < -0.3 is 75.4 Å². The monoisotopic (exact) mass is 1780 g/mol. The van der Waals surface area contributed by atoms with Crippen molar-refractivity contribution in [2.75, 3.05) is 33.7 Å². The Bertz CT molecular complexity index is 3500. The minimum atomic E-state index is -2.75. The van der Waals surface area contributed by atoms with Crippen LogP contribution in [0.25, 0.3) is 0 Å². The molecule has 0 spiro atoms. The predicted molar refractivity (Wildman–Crippen MR) is 497 cm³/mol. The summed E-state index contributed by atoms with van der Waals surface area (Å²) in [5.41, 5.74) is 1.60. The third-order valence-corrected chi connectivity index (χ3v) is 44.7. The molecule has 1 amide bonds. The summed E-state index contributed by atoms with van der Waals surface area (Å²) in [7, 11) is -2.15. The number of carbonyl (C=O) groups is 4. The lowest BCUT2D eigenvalue weighted by Gasteiger charge is -2.52. The van der Waals surface area contributed by atoms with E-state index in [4.69, 9.17) is 70.1 Å². The summed E-state index contributed by atoms with van der Waals surface area (Å²) in [6.45, 7) is 55.0. The van der Waals surface area contributed by atoms with Gasteiger partial charge in [-0.15, -0.1) is 17.9 Å². The topological polar surface area (TPSA) is 219 Å². The number of allylic oxidation sites excluding steroid dienone is 13. The Morgan fingerprint density at radius 1 is 0.597 bits per heavy atom. The fraction of sp³-hybridized carbons (Fsp3) is 0.696. The minimum absolute atomic E-state index is 0.0493. The Morgan fingerprint density at radius 2 is 1.10 bits per heavy atom. The number of alkyl carbamates (subject to hydrolysis) is 1. The van der Waals surface area contributed by atoms with Crippen molar-refractivity contribution in [3.63, 3.8) is 0 Å². The number of hydrogen-bond donors (Lipinski definition) is 1. The van der Waals surface area contributed by atoms with Gasteiger partial charge >= 0.3 is 24.0 Å². The molecule has 4 saturated heterocycles. The molecule has 25 atom stereocenters. The largest absolute Gasteiger partial charge is 0.462 e. The number of amides is 1. The van der Waals surface area contributed by atoms with Crippen molar-refractivity contribution in [1.29, 1.82) is 0 Å². The number of ether oxygens (including phenoxy) is 12. The number of rotatable bonds is 28. The van der Waals surface area contributed by atoms with Crippen LogP contribution in [0.5, 0.6) is 0 Å². The van der Waals surface area contributed by atoms with Gasteiger partial charge in [-0.2, -0.15) is 0 Å². The number of hydrogen-bond acceptors (Lipinski definition) is 19. The number of benzene rings is 1. The molecule has 27 heteroatoms. The van der Waals surface area contributed by atoms with E-state index >= 15 is 9.59 Å². The zero-order valence-corrected chi connectivity index (χ0v) is 83.5. The summed E-state index contributed by atoms with van der Waals surface area (Å²) in [4.78, 5) is 59.4. The van der Waals surface area contributed by atoms with E-state index in [1.807, 2.05) is 98.9 Å². The molecule has 5 aliphatic heterocycles. The van der Waals surface area contributed by atoms with Crippen molar-refractivity contribution in [2.24, 2.45) is 23.7 Å². The van der Waals surface area contributed by atoms with Crippen molar-refractivity contribution in [3.05, 3.63) is 146 Å². The summed E-state index contributed by atoms with van der Waals surface area (Å²) in [6.07, 6.45) is 22.2. The molecule has 672 valence electrons. The van der Waals surface area contributed by atoms with Gasteiger partial charge in [0.2, 0.25) is 0 Å². The standard InChI is InChI=1S/C92H153NO19P4Si3/c1-26-54-99-86(96)81-78-57-72(103-87-84(108-85(95)70-48-50-71(51-49-70)91(20,21)22)82(93-88(97)100-55-27-2)83(69(19)102-87)112-119(32-7,33-8)64(13)14)47-45-43-41-39-37-35-34-36-38-40-42-44-46-65(15)66(16)67(17)68(18)101-80(94)59-74-56-73(104-89(105-74)115(24)113)52-53-76(110-117(28-3,29-4)62(9)10)77-58-75(106-90(107-77)116(25)114)60-92(98-23,109-78)61-79(81)111-118(30-5,31-6)63(11)12/h26-27,34-51,62-69,72-79,81-84,87,89-90H,1-2,28-33,52-61,113-114H2,3-25H3,(H,93,97)/b35-34+,38-36+,39-37+,42-40+,43-41+,46-44+,47-45+/t65-,66+,67+,68-,69+,72-,73+,74+,75-,76+,77+,78?,79-,81-,82-,83+,84?,87-,89?,90?,92+,115?,116?/m0/s1. The first-order chi connectivity index (χ1) is 56.4. The summed E-state index contributed by atoms with van der Waals surface area (Å²) < 4.78 is 106. The number of nitrogens with one attached hydrogen (secondary N) is 1. The van der Waals surface area contributed by atoms with Crippen molar-refractivity contribution in [2.45, 2.75) is 352 Å². The number of methoxy groups -OCH3 is 1. The zero-order chi connectivity index (χ0) is 88.2. The molecule has 4 fully saturated rings. The van der Waals surface area contributed by atoms with E-state index in [1.54, 1.807) is 25.3 Å². The van der Waals surface area contributed by atoms with Crippen LogP contribution < -0.4 is 5.32 Å².